The van der Waals surface area contributed by atoms with Crippen molar-refractivity contribution in [1.29, 1.82) is 0 Å². The smallest absolute Gasteiger partial charge is 0.171 e. The summed E-state index contributed by atoms with van der Waals surface area (Å²) < 4.78 is 0.920. The van der Waals surface area contributed by atoms with Gasteiger partial charge < -0.3 is 9.99 Å². The van der Waals surface area contributed by atoms with Gasteiger partial charge in [-0.05, 0) is 12.1 Å². The summed E-state index contributed by atoms with van der Waals surface area (Å²) in [6, 6.07) is 6.93. The monoisotopic (exact) mass is 230 g/mol. The lowest BCUT2D eigenvalue weighted by atomic mass is 10.2. The molecule has 1 aromatic rings. The van der Waals surface area contributed by atoms with Crippen LogP contribution in [0.1, 0.15) is 5.56 Å². The van der Waals surface area contributed by atoms with Gasteiger partial charge in [-0.1, -0.05) is 28.1 Å². The zero-order valence-electron chi connectivity index (χ0n) is 6.07. The van der Waals surface area contributed by atoms with Gasteiger partial charge in [0.2, 0.25) is 0 Å². The topological polar surface area (TPSA) is 49.7 Å². The molecular formula is C8H7BrO3. The second-order valence-corrected chi connectivity index (χ2v) is 3.03. The van der Waals surface area contributed by atoms with Crippen LogP contribution in [0.25, 0.3) is 5.76 Å². The Bertz CT molecular complexity index is 279. The first-order valence-electron chi connectivity index (χ1n) is 3.19. The van der Waals surface area contributed by atoms with Gasteiger partial charge >= 0.3 is 0 Å². The van der Waals surface area contributed by atoms with Crippen LogP contribution in [0.2, 0.25) is 0 Å². The summed E-state index contributed by atoms with van der Waals surface area (Å²) in [6.07, 6.45) is 0.850. The van der Waals surface area contributed by atoms with Gasteiger partial charge in [-0.25, -0.2) is 5.26 Å². The van der Waals surface area contributed by atoms with Crippen molar-refractivity contribution >= 4 is 21.7 Å². The van der Waals surface area contributed by atoms with E-state index in [1.165, 1.54) is 0 Å². The Morgan fingerprint density at radius 1 is 1.33 bits per heavy atom. The number of halogens is 1. The fraction of sp³-hybridized carbons (Fsp3) is 0. The highest BCUT2D eigenvalue weighted by molar-refractivity contribution is 9.10. The zero-order chi connectivity index (χ0) is 8.97. The van der Waals surface area contributed by atoms with Gasteiger partial charge in [0, 0.05) is 10.0 Å². The third-order valence-corrected chi connectivity index (χ3v) is 1.83. The molecule has 0 fully saturated rings. The molecule has 0 aliphatic heterocycles. The summed E-state index contributed by atoms with van der Waals surface area (Å²) >= 11 is 3.25. The van der Waals surface area contributed by atoms with E-state index in [-0.39, 0.29) is 5.76 Å². The van der Waals surface area contributed by atoms with E-state index in [0.717, 1.165) is 10.7 Å². The molecule has 3 nitrogen and oxygen atoms in total. The maximum atomic E-state index is 9.17. The van der Waals surface area contributed by atoms with Crippen molar-refractivity contribution in [3.8, 4) is 0 Å². The third kappa shape index (κ3) is 2.25. The first kappa shape index (κ1) is 9.09. The van der Waals surface area contributed by atoms with Crippen LogP contribution in [0, 0.1) is 0 Å². The van der Waals surface area contributed by atoms with E-state index in [1.807, 2.05) is 0 Å². The lowest BCUT2D eigenvalue weighted by Crippen LogP contribution is -1.83. The largest absolute Gasteiger partial charge is 0.504 e. The van der Waals surface area contributed by atoms with Crippen molar-refractivity contribution < 1.29 is 15.3 Å². The highest BCUT2D eigenvalue weighted by Crippen LogP contribution is 2.15. The molecular weight excluding hydrogens is 224 g/mol. The van der Waals surface area contributed by atoms with Gasteiger partial charge in [0.05, 0.1) is 0 Å². The van der Waals surface area contributed by atoms with Crippen LogP contribution in [0.5, 0.6) is 0 Å². The average Bonchev–Trinajstić information content (AvgIpc) is 2.06. The van der Waals surface area contributed by atoms with Gasteiger partial charge in [0.1, 0.15) is 0 Å². The summed E-state index contributed by atoms with van der Waals surface area (Å²) in [5.74, 6) is -0.120. The molecule has 0 spiro atoms. The summed E-state index contributed by atoms with van der Waals surface area (Å²) in [6.45, 7) is 0. The van der Waals surface area contributed by atoms with E-state index < -0.39 is 0 Å². The Morgan fingerprint density at radius 3 is 2.42 bits per heavy atom. The van der Waals surface area contributed by atoms with Crippen LogP contribution in [0.15, 0.2) is 35.0 Å². The molecule has 0 aromatic heterocycles. The van der Waals surface area contributed by atoms with Crippen molar-refractivity contribution in [3.05, 3.63) is 40.6 Å². The maximum Gasteiger partial charge on any atom is 0.171 e. The summed E-state index contributed by atoms with van der Waals surface area (Å²) in [5, 5.41) is 17.2. The van der Waals surface area contributed by atoms with Crippen LogP contribution in [-0.2, 0) is 4.89 Å². The lowest BCUT2D eigenvalue weighted by molar-refractivity contribution is -0.186. The minimum atomic E-state index is -0.120. The molecule has 0 amide bonds. The van der Waals surface area contributed by atoms with E-state index >= 15 is 0 Å². The number of aliphatic hydroxyl groups is 1. The standard InChI is InChI=1S/C8H7BrO3/c9-7-3-1-6(2-4-7)8(10)5-12-11/h1-5,10-11H/b8-5-. The minimum Gasteiger partial charge on any atom is -0.504 e. The van der Waals surface area contributed by atoms with Crippen molar-refractivity contribution in [2.45, 2.75) is 0 Å². The van der Waals surface area contributed by atoms with E-state index in [4.69, 9.17) is 5.26 Å². The molecule has 1 rings (SSSR count). The number of benzene rings is 1. The second-order valence-electron chi connectivity index (χ2n) is 2.12. The lowest BCUT2D eigenvalue weighted by Gasteiger charge is -1.98. The van der Waals surface area contributed by atoms with Crippen LogP contribution < -0.4 is 0 Å². The summed E-state index contributed by atoms with van der Waals surface area (Å²) in [4.78, 5) is 3.66. The van der Waals surface area contributed by atoms with Crippen molar-refractivity contribution in [2.24, 2.45) is 0 Å². The van der Waals surface area contributed by atoms with Gasteiger partial charge in [-0.15, -0.1) is 0 Å². The molecule has 1 aromatic carbocycles. The first-order chi connectivity index (χ1) is 5.74. The molecule has 0 saturated heterocycles. The molecule has 0 saturated carbocycles. The Balaban J connectivity index is 2.89. The molecule has 0 unspecified atom stereocenters. The predicted octanol–water partition coefficient (Wildman–Crippen LogP) is 2.80. The Morgan fingerprint density at radius 2 is 1.92 bits per heavy atom. The van der Waals surface area contributed by atoms with E-state index in [1.54, 1.807) is 24.3 Å². The van der Waals surface area contributed by atoms with E-state index in [0.29, 0.717) is 5.56 Å². The second kappa shape index (κ2) is 4.13. The SMILES string of the molecule is OO/C=C(\O)c1ccc(Br)cc1. The first-order valence-corrected chi connectivity index (χ1v) is 3.98. The molecule has 64 valence electrons. The number of hydrogen-bond donors (Lipinski definition) is 2. The van der Waals surface area contributed by atoms with Gasteiger partial charge in [-0.3, -0.25) is 0 Å². The van der Waals surface area contributed by atoms with Gasteiger partial charge in [-0.2, -0.15) is 0 Å². The Kier molecular flexibility index (Phi) is 3.13. The van der Waals surface area contributed by atoms with E-state index in [2.05, 4.69) is 20.8 Å². The fourth-order valence-corrected chi connectivity index (χ4v) is 1.00. The fourth-order valence-electron chi connectivity index (χ4n) is 0.739. The molecule has 0 aliphatic rings. The molecule has 12 heavy (non-hydrogen) atoms. The molecule has 0 radical (unpaired) electrons. The molecule has 0 heterocycles. The number of aliphatic hydroxyl groups excluding tert-OH is 1. The zero-order valence-corrected chi connectivity index (χ0v) is 7.65. The Labute approximate surface area is 78.0 Å². The van der Waals surface area contributed by atoms with Crippen molar-refractivity contribution in [3.63, 3.8) is 0 Å². The summed E-state index contributed by atoms with van der Waals surface area (Å²) in [5.41, 5.74) is 0.576. The Hall–Kier alpha value is -1.000. The van der Waals surface area contributed by atoms with Crippen LogP contribution >= 0.6 is 15.9 Å². The molecule has 4 heteroatoms. The highest BCUT2D eigenvalue weighted by atomic mass is 79.9. The predicted molar refractivity (Wildman–Crippen MR) is 48.5 cm³/mol. The number of hydrogen-bond acceptors (Lipinski definition) is 3. The van der Waals surface area contributed by atoms with Crippen LogP contribution in [-0.4, -0.2) is 10.4 Å². The van der Waals surface area contributed by atoms with Gasteiger partial charge in [0.15, 0.2) is 12.0 Å². The number of rotatable bonds is 2. The molecule has 2 N–H and O–H groups in total. The van der Waals surface area contributed by atoms with Crippen molar-refractivity contribution in [2.75, 3.05) is 0 Å². The maximum absolute atomic E-state index is 9.17. The quantitative estimate of drug-likeness (QED) is 0.467. The molecule has 0 aliphatic carbocycles. The van der Waals surface area contributed by atoms with E-state index in [9.17, 15) is 5.11 Å². The van der Waals surface area contributed by atoms with Gasteiger partial charge in [0.25, 0.3) is 0 Å². The third-order valence-electron chi connectivity index (χ3n) is 1.30. The highest BCUT2D eigenvalue weighted by Gasteiger charge is 1.97. The normalized spacial score (nSPS) is 11.3. The minimum absolute atomic E-state index is 0.120. The van der Waals surface area contributed by atoms with Crippen LogP contribution in [0.4, 0.5) is 0 Å². The molecule has 0 bridgehead atoms. The summed E-state index contributed by atoms with van der Waals surface area (Å²) in [7, 11) is 0. The molecule has 0 atom stereocenters. The average molecular weight is 231 g/mol. The van der Waals surface area contributed by atoms with Crippen LogP contribution in [0.3, 0.4) is 0 Å². The van der Waals surface area contributed by atoms with Crippen molar-refractivity contribution in [1.82, 2.24) is 0 Å².